The van der Waals surface area contributed by atoms with Gasteiger partial charge in [-0.25, -0.2) is 13.5 Å². The third kappa shape index (κ3) is 1.05. The number of aromatic nitrogens is 3. The predicted octanol–water partition coefficient (Wildman–Crippen LogP) is 1.48. The molecule has 1 aromatic heterocycles. The first kappa shape index (κ1) is 10.1. The van der Waals surface area contributed by atoms with Crippen LogP contribution < -0.4 is 0 Å². The van der Waals surface area contributed by atoms with Crippen LogP contribution in [0.4, 0.5) is 8.78 Å². The van der Waals surface area contributed by atoms with Crippen LogP contribution in [0, 0.1) is 5.41 Å². The van der Waals surface area contributed by atoms with Crippen LogP contribution in [-0.2, 0) is 5.54 Å². The summed E-state index contributed by atoms with van der Waals surface area (Å²) < 4.78 is 26.9. The maximum atomic E-state index is 12.6. The fourth-order valence-electron chi connectivity index (χ4n) is 2.99. The maximum Gasteiger partial charge on any atom is 0.244 e. The number of aliphatic hydroxyl groups is 1. The number of alkyl halides is 2. The van der Waals surface area contributed by atoms with Crippen LogP contribution in [0.2, 0.25) is 0 Å². The van der Waals surface area contributed by atoms with E-state index in [-0.39, 0.29) is 5.54 Å². The van der Waals surface area contributed by atoms with Crippen molar-refractivity contribution in [3.63, 3.8) is 0 Å². The van der Waals surface area contributed by atoms with Gasteiger partial charge in [-0.05, 0) is 26.2 Å². The fraction of sp³-hybridized carbons (Fsp3) is 0.800. The summed E-state index contributed by atoms with van der Waals surface area (Å²) >= 11 is 0. The van der Waals surface area contributed by atoms with Gasteiger partial charge in [0, 0.05) is 5.41 Å². The lowest BCUT2D eigenvalue weighted by molar-refractivity contribution is -0.257. The van der Waals surface area contributed by atoms with Crippen LogP contribution in [0.15, 0.2) is 6.20 Å². The molecule has 3 fully saturated rings. The quantitative estimate of drug-likeness (QED) is 0.854. The van der Waals surface area contributed by atoms with Crippen LogP contribution in [0.25, 0.3) is 0 Å². The van der Waals surface area contributed by atoms with Gasteiger partial charge in [-0.15, -0.1) is 5.10 Å². The Bertz CT molecular complexity index is 410. The molecule has 88 valence electrons. The van der Waals surface area contributed by atoms with E-state index < -0.39 is 17.9 Å². The first-order valence-electron chi connectivity index (χ1n) is 5.36. The molecule has 0 aromatic carbocycles. The predicted molar refractivity (Wildman–Crippen MR) is 50.9 cm³/mol. The smallest absolute Gasteiger partial charge is 0.244 e. The average molecular weight is 229 g/mol. The van der Waals surface area contributed by atoms with Crippen molar-refractivity contribution in [3.05, 3.63) is 11.9 Å². The maximum absolute atomic E-state index is 12.6. The minimum absolute atomic E-state index is 0.240. The topological polar surface area (TPSA) is 50.9 Å². The minimum Gasteiger partial charge on any atom is -0.387 e. The van der Waals surface area contributed by atoms with Crippen molar-refractivity contribution < 1.29 is 13.9 Å². The molecule has 0 spiro atoms. The normalized spacial score (nSPS) is 38.1. The number of aliphatic hydroxyl groups excluding tert-OH is 1. The Labute approximate surface area is 91.3 Å². The standard InChI is InChI=1S/C10H13F2N3O/c1-6(16)7-2-15(14-13-7)10-3-9(4-10,5-10)8(11)12/h2,6,8,16H,3-5H2,1H3. The van der Waals surface area contributed by atoms with Gasteiger partial charge in [0.05, 0.1) is 17.8 Å². The molecule has 4 rings (SSSR count). The van der Waals surface area contributed by atoms with Crippen molar-refractivity contribution in [2.75, 3.05) is 0 Å². The zero-order valence-corrected chi connectivity index (χ0v) is 8.90. The highest BCUT2D eigenvalue weighted by Gasteiger charge is 2.73. The molecule has 3 saturated carbocycles. The van der Waals surface area contributed by atoms with E-state index in [0.717, 1.165) is 0 Å². The van der Waals surface area contributed by atoms with Crippen molar-refractivity contribution in [1.82, 2.24) is 15.0 Å². The van der Waals surface area contributed by atoms with Crippen molar-refractivity contribution in [2.45, 2.75) is 44.3 Å². The van der Waals surface area contributed by atoms with Gasteiger partial charge in [-0.1, -0.05) is 5.21 Å². The lowest BCUT2D eigenvalue weighted by Crippen LogP contribution is -2.70. The third-order valence-corrected chi connectivity index (χ3v) is 3.93. The monoisotopic (exact) mass is 229 g/mol. The van der Waals surface area contributed by atoms with Gasteiger partial charge in [0.25, 0.3) is 0 Å². The Morgan fingerprint density at radius 2 is 2.06 bits per heavy atom. The van der Waals surface area contributed by atoms with Crippen molar-refractivity contribution in [3.8, 4) is 0 Å². The summed E-state index contributed by atoms with van der Waals surface area (Å²) in [6.07, 6.45) is 0.235. The molecule has 3 aliphatic rings. The lowest BCUT2D eigenvalue weighted by Gasteiger charge is -2.69. The van der Waals surface area contributed by atoms with Crippen molar-refractivity contribution in [2.24, 2.45) is 5.41 Å². The van der Waals surface area contributed by atoms with Gasteiger partial charge >= 0.3 is 0 Å². The minimum atomic E-state index is -2.23. The van der Waals surface area contributed by atoms with E-state index in [1.807, 2.05) is 0 Å². The summed E-state index contributed by atoms with van der Waals surface area (Å²) in [6.45, 7) is 1.61. The molecule has 1 unspecified atom stereocenters. The Morgan fingerprint density at radius 3 is 2.50 bits per heavy atom. The molecule has 1 aromatic rings. The van der Waals surface area contributed by atoms with E-state index in [1.165, 1.54) is 0 Å². The first-order valence-corrected chi connectivity index (χ1v) is 5.36. The van der Waals surface area contributed by atoms with Crippen LogP contribution in [0.1, 0.15) is 38.0 Å². The van der Waals surface area contributed by atoms with Crippen LogP contribution in [-0.4, -0.2) is 26.5 Å². The molecule has 4 nitrogen and oxygen atoms in total. The van der Waals surface area contributed by atoms with Gasteiger partial charge in [-0.2, -0.15) is 0 Å². The fourth-order valence-corrected chi connectivity index (χ4v) is 2.99. The molecule has 1 N–H and O–H groups in total. The summed E-state index contributed by atoms with van der Waals surface area (Å²) in [5.41, 5.74) is -0.496. The van der Waals surface area contributed by atoms with Crippen LogP contribution in [0.5, 0.6) is 0 Å². The molecule has 1 heterocycles. The van der Waals surface area contributed by atoms with Gasteiger partial charge in [0.1, 0.15) is 5.69 Å². The van der Waals surface area contributed by atoms with E-state index in [2.05, 4.69) is 10.3 Å². The Morgan fingerprint density at radius 1 is 1.44 bits per heavy atom. The second kappa shape index (κ2) is 2.80. The van der Waals surface area contributed by atoms with E-state index >= 15 is 0 Å². The Balaban J connectivity index is 1.77. The number of nitrogens with zero attached hydrogens (tertiary/aromatic N) is 3. The van der Waals surface area contributed by atoms with Crippen LogP contribution >= 0.6 is 0 Å². The second-order valence-electron chi connectivity index (χ2n) is 5.18. The van der Waals surface area contributed by atoms with Gasteiger partial charge in [-0.3, -0.25) is 0 Å². The number of hydrogen-bond acceptors (Lipinski definition) is 3. The molecule has 1 atom stereocenters. The molecule has 0 amide bonds. The van der Waals surface area contributed by atoms with Crippen LogP contribution in [0.3, 0.4) is 0 Å². The zero-order chi connectivity index (χ0) is 11.6. The Kier molecular flexibility index (Phi) is 1.77. The van der Waals surface area contributed by atoms with E-state index in [1.54, 1.807) is 17.8 Å². The molecule has 0 radical (unpaired) electrons. The molecule has 0 aliphatic heterocycles. The molecule has 6 heteroatoms. The summed E-state index contributed by atoms with van der Waals surface area (Å²) in [4.78, 5) is 0. The molecular weight excluding hydrogens is 216 g/mol. The highest BCUT2D eigenvalue weighted by Crippen LogP contribution is 2.73. The molecule has 0 saturated heterocycles. The molecular formula is C10H13F2N3O. The summed E-state index contributed by atoms with van der Waals surface area (Å²) in [6, 6.07) is 0. The zero-order valence-electron chi connectivity index (χ0n) is 8.90. The highest BCUT2D eigenvalue weighted by atomic mass is 19.3. The van der Waals surface area contributed by atoms with Gasteiger partial charge < -0.3 is 5.11 Å². The first-order chi connectivity index (χ1) is 7.47. The summed E-state index contributed by atoms with van der Waals surface area (Å²) in [5, 5.41) is 17.1. The van der Waals surface area contributed by atoms with E-state index in [0.29, 0.717) is 25.0 Å². The van der Waals surface area contributed by atoms with E-state index in [9.17, 15) is 13.9 Å². The van der Waals surface area contributed by atoms with Gasteiger partial charge in [0.2, 0.25) is 6.43 Å². The second-order valence-corrected chi connectivity index (χ2v) is 5.18. The molecule has 16 heavy (non-hydrogen) atoms. The highest BCUT2D eigenvalue weighted by molar-refractivity contribution is 5.22. The van der Waals surface area contributed by atoms with Crippen molar-refractivity contribution >= 4 is 0 Å². The average Bonchev–Trinajstić information content (AvgIpc) is 2.46. The third-order valence-electron chi connectivity index (χ3n) is 3.93. The summed E-state index contributed by atoms with van der Waals surface area (Å²) in [5.74, 6) is 0. The summed E-state index contributed by atoms with van der Waals surface area (Å²) in [7, 11) is 0. The number of halogens is 2. The largest absolute Gasteiger partial charge is 0.387 e. The number of hydrogen-bond donors (Lipinski definition) is 1. The SMILES string of the molecule is CC(O)c1cn(C23CC(C(F)F)(C2)C3)nn1. The van der Waals surface area contributed by atoms with E-state index in [4.69, 9.17) is 0 Å². The molecule has 3 aliphatic carbocycles. The Hall–Kier alpha value is -1.04. The van der Waals surface area contributed by atoms with Crippen molar-refractivity contribution in [1.29, 1.82) is 0 Å². The van der Waals surface area contributed by atoms with Gasteiger partial charge in [0.15, 0.2) is 0 Å². The number of rotatable bonds is 3. The molecule has 2 bridgehead atoms. The lowest BCUT2D eigenvalue weighted by atomic mass is 9.39.